The maximum atomic E-state index is 12.3. The standard InChI is InChI=1S/C14H18N2O/c1-10-4-3-5-16(9-10)14(17)12-6-11(2)7-13(15)8-12/h4,6-8H,3,5,9,15H2,1-2H3. The van der Waals surface area contributed by atoms with E-state index < -0.39 is 0 Å². The molecule has 0 saturated heterocycles. The maximum Gasteiger partial charge on any atom is 0.254 e. The highest BCUT2D eigenvalue weighted by atomic mass is 16.2. The molecule has 1 aliphatic rings. The topological polar surface area (TPSA) is 46.3 Å². The number of anilines is 1. The predicted octanol–water partition coefficient (Wildman–Crippen LogP) is 2.37. The summed E-state index contributed by atoms with van der Waals surface area (Å²) in [5.74, 6) is 0.0767. The Balaban J connectivity index is 2.22. The summed E-state index contributed by atoms with van der Waals surface area (Å²) in [6.45, 7) is 5.54. The number of hydrogen-bond acceptors (Lipinski definition) is 2. The van der Waals surface area contributed by atoms with Crippen molar-refractivity contribution in [3.63, 3.8) is 0 Å². The molecule has 3 heteroatoms. The van der Waals surface area contributed by atoms with Gasteiger partial charge in [0.05, 0.1) is 0 Å². The molecule has 0 bridgehead atoms. The van der Waals surface area contributed by atoms with Crippen LogP contribution < -0.4 is 5.73 Å². The number of carbonyl (C=O) groups excluding carboxylic acids is 1. The summed E-state index contributed by atoms with van der Waals surface area (Å²) in [6.07, 6.45) is 3.13. The summed E-state index contributed by atoms with van der Waals surface area (Å²) in [5.41, 5.74) is 9.39. The zero-order chi connectivity index (χ0) is 12.4. The lowest BCUT2D eigenvalue weighted by Crippen LogP contribution is -2.35. The first-order valence-corrected chi connectivity index (χ1v) is 5.88. The van der Waals surface area contributed by atoms with Crippen LogP contribution in [0.3, 0.4) is 0 Å². The summed E-state index contributed by atoms with van der Waals surface area (Å²) in [5, 5.41) is 0. The number of carbonyl (C=O) groups is 1. The van der Waals surface area contributed by atoms with Gasteiger partial charge in [-0.1, -0.05) is 11.6 Å². The number of nitrogens with two attached hydrogens (primary N) is 1. The smallest absolute Gasteiger partial charge is 0.254 e. The number of nitrogens with zero attached hydrogens (tertiary/aromatic N) is 1. The van der Waals surface area contributed by atoms with Crippen LogP contribution in [-0.4, -0.2) is 23.9 Å². The first-order chi connectivity index (χ1) is 8.06. The Bertz CT molecular complexity index is 457. The van der Waals surface area contributed by atoms with Gasteiger partial charge in [-0.2, -0.15) is 0 Å². The summed E-state index contributed by atoms with van der Waals surface area (Å²) in [4.78, 5) is 14.2. The molecule has 3 nitrogen and oxygen atoms in total. The van der Waals surface area contributed by atoms with Crippen LogP contribution in [0.1, 0.15) is 29.3 Å². The third-order valence-corrected chi connectivity index (χ3v) is 2.97. The highest BCUT2D eigenvalue weighted by Crippen LogP contribution is 2.16. The zero-order valence-corrected chi connectivity index (χ0v) is 10.4. The van der Waals surface area contributed by atoms with E-state index in [4.69, 9.17) is 5.73 Å². The van der Waals surface area contributed by atoms with Crippen LogP contribution in [0.4, 0.5) is 5.69 Å². The Kier molecular flexibility index (Phi) is 3.18. The third kappa shape index (κ3) is 2.67. The molecule has 1 aromatic rings. The van der Waals surface area contributed by atoms with Crippen LogP contribution >= 0.6 is 0 Å². The molecule has 2 N–H and O–H groups in total. The number of rotatable bonds is 1. The Morgan fingerprint density at radius 1 is 1.29 bits per heavy atom. The van der Waals surface area contributed by atoms with Gasteiger partial charge in [-0.15, -0.1) is 0 Å². The highest BCUT2D eigenvalue weighted by molar-refractivity contribution is 5.95. The van der Waals surface area contributed by atoms with Crippen LogP contribution in [0, 0.1) is 6.92 Å². The summed E-state index contributed by atoms with van der Waals surface area (Å²) < 4.78 is 0. The minimum atomic E-state index is 0.0767. The van der Waals surface area contributed by atoms with Gasteiger partial charge >= 0.3 is 0 Å². The quantitative estimate of drug-likeness (QED) is 0.594. The van der Waals surface area contributed by atoms with Crippen LogP contribution in [0.2, 0.25) is 0 Å². The number of nitrogen functional groups attached to an aromatic ring is 1. The van der Waals surface area contributed by atoms with Crippen molar-refractivity contribution in [2.24, 2.45) is 0 Å². The second-order valence-corrected chi connectivity index (χ2v) is 4.70. The molecule has 0 fully saturated rings. The van der Waals surface area contributed by atoms with Gasteiger partial charge in [-0.3, -0.25) is 4.79 Å². The van der Waals surface area contributed by atoms with E-state index in [2.05, 4.69) is 13.0 Å². The largest absolute Gasteiger partial charge is 0.399 e. The molecule has 0 aromatic heterocycles. The second kappa shape index (κ2) is 4.62. The van der Waals surface area contributed by atoms with Crippen molar-refractivity contribution in [2.45, 2.75) is 20.3 Å². The minimum Gasteiger partial charge on any atom is -0.399 e. The van der Waals surface area contributed by atoms with E-state index >= 15 is 0 Å². The van der Waals surface area contributed by atoms with E-state index in [1.54, 1.807) is 6.07 Å². The SMILES string of the molecule is CC1=CCCN(C(=O)c2cc(C)cc(N)c2)C1. The molecule has 90 valence electrons. The van der Waals surface area contributed by atoms with Crippen molar-refractivity contribution in [3.05, 3.63) is 41.0 Å². The van der Waals surface area contributed by atoms with Crippen molar-refractivity contribution in [3.8, 4) is 0 Å². The Morgan fingerprint density at radius 2 is 2.06 bits per heavy atom. The van der Waals surface area contributed by atoms with Gasteiger partial charge < -0.3 is 10.6 Å². The van der Waals surface area contributed by atoms with E-state index in [1.807, 2.05) is 24.0 Å². The van der Waals surface area contributed by atoms with Gasteiger partial charge in [0.25, 0.3) is 5.91 Å². The summed E-state index contributed by atoms with van der Waals surface area (Å²) in [6, 6.07) is 5.52. The molecule has 0 spiro atoms. The molecule has 0 saturated carbocycles. The van der Waals surface area contributed by atoms with Crippen molar-refractivity contribution in [1.82, 2.24) is 4.90 Å². The van der Waals surface area contributed by atoms with Gasteiger partial charge in [0.15, 0.2) is 0 Å². The lowest BCUT2D eigenvalue weighted by molar-refractivity contribution is 0.0766. The normalized spacial score (nSPS) is 15.6. The van der Waals surface area contributed by atoms with E-state index in [0.29, 0.717) is 11.3 Å². The molecule has 0 radical (unpaired) electrons. The first-order valence-electron chi connectivity index (χ1n) is 5.88. The van der Waals surface area contributed by atoms with Gasteiger partial charge in [0.2, 0.25) is 0 Å². The summed E-state index contributed by atoms with van der Waals surface area (Å²) in [7, 11) is 0. The lowest BCUT2D eigenvalue weighted by Gasteiger charge is -2.26. The molecule has 17 heavy (non-hydrogen) atoms. The summed E-state index contributed by atoms with van der Waals surface area (Å²) >= 11 is 0. The van der Waals surface area contributed by atoms with E-state index in [9.17, 15) is 4.79 Å². The number of benzene rings is 1. The fourth-order valence-corrected chi connectivity index (χ4v) is 2.20. The van der Waals surface area contributed by atoms with Crippen LogP contribution in [-0.2, 0) is 0 Å². The molecular weight excluding hydrogens is 212 g/mol. The third-order valence-electron chi connectivity index (χ3n) is 2.97. The van der Waals surface area contributed by atoms with Crippen LogP contribution in [0.5, 0.6) is 0 Å². The number of hydrogen-bond donors (Lipinski definition) is 1. The Morgan fingerprint density at radius 3 is 2.71 bits per heavy atom. The van der Waals surface area contributed by atoms with Gasteiger partial charge in [-0.25, -0.2) is 0 Å². The predicted molar refractivity (Wildman–Crippen MR) is 69.9 cm³/mol. The first kappa shape index (κ1) is 11.7. The Labute approximate surface area is 102 Å². The number of aryl methyl sites for hydroxylation is 1. The van der Waals surface area contributed by atoms with E-state index in [0.717, 1.165) is 25.1 Å². The monoisotopic (exact) mass is 230 g/mol. The fourth-order valence-electron chi connectivity index (χ4n) is 2.20. The van der Waals surface area contributed by atoms with Crippen molar-refractivity contribution >= 4 is 11.6 Å². The number of amides is 1. The molecule has 0 aliphatic carbocycles. The molecule has 1 aromatic carbocycles. The van der Waals surface area contributed by atoms with E-state index in [1.165, 1.54) is 5.57 Å². The van der Waals surface area contributed by atoms with Crippen LogP contribution in [0.25, 0.3) is 0 Å². The second-order valence-electron chi connectivity index (χ2n) is 4.70. The fraction of sp³-hybridized carbons (Fsp3) is 0.357. The van der Waals surface area contributed by atoms with Crippen molar-refractivity contribution < 1.29 is 4.79 Å². The van der Waals surface area contributed by atoms with Crippen molar-refractivity contribution in [2.75, 3.05) is 18.8 Å². The molecule has 1 heterocycles. The average Bonchev–Trinajstić information content (AvgIpc) is 2.26. The Hall–Kier alpha value is -1.77. The van der Waals surface area contributed by atoms with Crippen molar-refractivity contribution in [1.29, 1.82) is 0 Å². The molecule has 2 rings (SSSR count). The molecule has 1 aliphatic heterocycles. The zero-order valence-electron chi connectivity index (χ0n) is 10.4. The highest BCUT2D eigenvalue weighted by Gasteiger charge is 2.18. The molecular formula is C14H18N2O. The van der Waals surface area contributed by atoms with Gasteiger partial charge in [0, 0.05) is 24.3 Å². The lowest BCUT2D eigenvalue weighted by atomic mass is 10.1. The van der Waals surface area contributed by atoms with Gasteiger partial charge in [0.1, 0.15) is 0 Å². The minimum absolute atomic E-state index is 0.0767. The molecule has 0 atom stereocenters. The van der Waals surface area contributed by atoms with E-state index in [-0.39, 0.29) is 5.91 Å². The average molecular weight is 230 g/mol. The maximum absolute atomic E-state index is 12.3. The molecule has 1 amide bonds. The van der Waals surface area contributed by atoms with Crippen LogP contribution in [0.15, 0.2) is 29.8 Å². The molecule has 0 unspecified atom stereocenters. The van der Waals surface area contributed by atoms with Gasteiger partial charge in [-0.05, 0) is 44.0 Å².